The molecule has 0 aliphatic rings. The van der Waals surface area contributed by atoms with Gasteiger partial charge in [0, 0.05) is 23.2 Å². The Bertz CT molecular complexity index is 961. The lowest BCUT2D eigenvalue weighted by molar-refractivity contribution is -0.150. The van der Waals surface area contributed by atoms with Gasteiger partial charge in [0.1, 0.15) is 11.6 Å². The predicted octanol–water partition coefficient (Wildman–Crippen LogP) is 5.02. The monoisotopic (exact) mass is 373 g/mol. The minimum absolute atomic E-state index is 0.299. The molecule has 0 spiro atoms. The van der Waals surface area contributed by atoms with Gasteiger partial charge in [-0.25, -0.2) is 9.18 Å². The smallest absolute Gasteiger partial charge is 0.347 e. The first-order valence-electron chi connectivity index (χ1n) is 8.17. The van der Waals surface area contributed by atoms with E-state index < -0.39 is 12.1 Å². The summed E-state index contributed by atoms with van der Waals surface area (Å²) >= 11 is 6.19. The molecule has 1 heterocycles. The predicted molar refractivity (Wildman–Crippen MR) is 98.9 cm³/mol. The van der Waals surface area contributed by atoms with Crippen molar-refractivity contribution in [3.63, 3.8) is 0 Å². The van der Waals surface area contributed by atoms with Gasteiger partial charge in [-0.2, -0.15) is 0 Å². The third-order valence-electron chi connectivity index (χ3n) is 3.87. The second-order valence-electron chi connectivity index (χ2n) is 5.67. The zero-order valence-corrected chi connectivity index (χ0v) is 15.1. The fourth-order valence-electron chi connectivity index (χ4n) is 2.66. The van der Waals surface area contributed by atoms with E-state index in [1.807, 2.05) is 12.1 Å². The molecule has 0 saturated heterocycles. The maximum absolute atomic E-state index is 13.3. The maximum atomic E-state index is 13.3. The number of carbonyl (C=O) groups is 1. The minimum atomic E-state index is -0.720. The van der Waals surface area contributed by atoms with Crippen molar-refractivity contribution in [2.24, 2.45) is 0 Å². The van der Waals surface area contributed by atoms with Crippen molar-refractivity contribution >= 4 is 28.5 Å². The second-order valence-corrected chi connectivity index (χ2v) is 6.08. The summed E-state index contributed by atoms with van der Waals surface area (Å²) in [4.78, 5) is 16.1. The average molecular weight is 374 g/mol. The van der Waals surface area contributed by atoms with E-state index in [0.29, 0.717) is 28.5 Å². The van der Waals surface area contributed by atoms with Gasteiger partial charge in [-0.15, -0.1) is 0 Å². The highest BCUT2D eigenvalue weighted by Gasteiger charge is 2.16. The first-order chi connectivity index (χ1) is 12.5. The van der Waals surface area contributed by atoms with E-state index in [0.717, 1.165) is 10.9 Å². The van der Waals surface area contributed by atoms with Crippen LogP contribution in [0.5, 0.6) is 5.75 Å². The molecule has 134 valence electrons. The molecule has 4 nitrogen and oxygen atoms in total. The molecule has 1 aromatic heterocycles. The average Bonchev–Trinajstić information content (AvgIpc) is 2.61. The highest BCUT2D eigenvalue weighted by Crippen LogP contribution is 2.34. The molecule has 1 atom stereocenters. The lowest BCUT2D eigenvalue weighted by Crippen LogP contribution is -2.26. The fraction of sp³-hybridized carbons (Fsp3) is 0.200. The molecule has 3 aromatic rings. The Labute approximate surface area is 155 Å². The van der Waals surface area contributed by atoms with Crippen molar-refractivity contribution in [2.75, 3.05) is 6.61 Å². The van der Waals surface area contributed by atoms with Crippen LogP contribution in [-0.2, 0) is 9.53 Å². The molecule has 0 aliphatic heterocycles. The zero-order chi connectivity index (χ0) is 18.7. The van der Waals surface area contributed by atoms with Gasteiger partial charge in [-0.05, 0) is 55.8 Å². The molecule has 6 heteroatoms. The number of pyridine rings is 1. The Morgan fingerprint density at radius 2 is 2.00 bits per heavy atom. The van der Waals surface area contributed by atoms with E-state index in [-0.39, 0.29) is 5.82 Å². The molecule has 0 amide bonds. The SMILES string of the molecule is CCOC(=O)[C@@H](C)Oc1ccc2c(-c3ccc(F)cc3Cl)ccnc2c1. The summed E-state index contributed by atoms with van der Waals surface area (Å²) < 4.78 is 23.9. The lowest BCUT2D eigenvalue weighted by atomic mass is 10.0. The van der Waals surface area contributed by atoms with Gasteiger partial charge in [-0.1, -0.05) is 11.6 Å². The number of esters is 1. The second kappa shape index (κ2) is 7.70. The third-order valence-corrected chi connectivity index (χ3v) is 4.18. The first-order valence-corrected chi connectivity index (χ1v) is 8.55. The molecule has 0 N–H and O–H groups in total. The number of ether oxygens (including phenoxy) is 2. The summed E-state index contributed by atoms with van der Waals surface area (Å²) in [6.07, 6.45) is 0.928. The molecular weight excluding hydrogens is 357 g/mol. The van der Waals surface area contributed by atoms with Crippen molar-refractivity contribution in [2.45, 2.75) is 20.0 Å². The van der Waals surface area contributed by atoms with Gasteiger partial charge in [0.25, 0.3) is 0 Å². The number of hydrogen-bond acceptors (Lipinski definition) is 4. The molecule has 0 fully saturated rings. The molecule has 26 heavy (non-hydrogen) atoms. The number of carbonyl (C=O) groups excluding carboxylic acids is 1. The van der Waals surface area contributed by atoms with Crippen LogP contribution in [0.1, 0.15) is 13.8 Å². The van der Waals surface area contributed by atoms with Gasteiger partial charge in [0.15, 0.2) is 6.10 Å². The van der Waals surface area contributed by atoms with E-state index in [1.54, 1.807) is 38.2 Å². The van der Waals surface area contributed by atoms with Crippen LogP contribution in [0.4, 0.5) is 4.39 Å². The number of hydrogen-bond donors (Lipinski definition) is 0. The lowest BCUT2D eigenvalue weighted by Gasteiger charge is -2.14. The number of nitrogens with zero attached hydrogens (tertiary/aromatic N) is 1. The first kappa shape index (κ1) is 18.1. The van der Waals surface area contributed by atoms with Crippen LogP contribution in [0.15, 0.2) is 48.7 Å². The van der Waals surface area contributed by atoms with E-state index in [2.05, 4.69) is 4.98 Å². The zero-order valence-electron chi connectivity index (χ0n) is 14.3. The van der Waals surface area contributed by atoms with Crippen LogP contribution < -0.4 is 4.74 Å². The quantitative estimate of drug-likeness (QED) is 0.589. The van der Waals surface area contributed by atoms with Crippen molar-refractivity contribution in [1.29, 1.82) is 0 Å². The van der Waals surface area contributed by atoms with Crippen LogP contribution in [0.25, 0.3) is 22.0 Å². The highest BCUT2D eigenvalue weighted by atomic mass is 35.5. The Hall–Kier alpha value is -2.66. The molecule has 0 unspecified atom stereocenters. The Morgan fingerprint density at radius 3 is 2.73 bits per heavy atom. The van der Waals surface area contributed by atoms with Crippen LogP contribution in [-0.4, -0.2) is 23.7 Å². The van der Waals surface area contributed by atoms with Gasteiger partial charge < -0.3 is 9.47 Å². The Kier molecular flexibility index (Phi) is 5.38. The standard InChI is InChI=1S/C20H17ClFNO3/c1-3-25-20(24)12(2)26-14-5-7-17-15(8-9-23-19(17)11-14)16-6-4-13(22)10-18(16)21/h4-12H,3H2,1-2H3/t12-/m1/s1. The van der Waals surface area contributed by atoms with E-state index in [1.165, 1.54) is 12.1 Å². The number of halogens is 2. The van der Waals surface area contributed by atoms with E-state index in [9.17, 15) is 9.18 Å². The molecule has 0 bridgehead atoms. The van der Waals surface area contributed by atoms with Crippen LogP contribution in [0.3, 0.4) is 0 Å². The van der Waals surface area contributed by atoms with Crippen molar-refractivity contribution in [1.82, 2.24) is 4.98 Å². The molecular formula is C20H17ClFNO3. The van der Waals surface area contributed by atoms with Crippen molar-refractivity contribution in [3.8, 4) is 16.9 Å². The summed E-state index contributed by atoms with van der Waals surface area (Å²) in [5, 5.41) is 1.17. The summed E-state index contributed by atoms with van der Waals surface area (Å²) in [7, 11) is 0. The van der Waals surface area contributed by atoms with Gasteiger partial charge in [0.05, 0.1) is 17.1 Å². The minimum Gasteiger partial charge on any atom is -0.479 e. The Morgan fingerprint density at radius 1 is 1.19 bits per heavy atom. The highest BCUT2D eigenvalue weighted by molar-refractivity contribution is 6.33. The molecule has 0 radical (unpaired) electrons. The Balaban J connectivity index is 1.96. The van der Waals surface area contributed by atoms with Gasteiger partial charge in [0.2, 0.25) is 0 Å². The summed E-state index contributed by atoms with van der Waals surface area (Å²) in [5.74, 6) is -0.305. The number of benzene rings is 2. The van der Waals surface area contributed by atoms with Crippen molar-refractivity contribution in [3.05, 3.63) is 59.5 Å². The van der Waals surface area contributed by atoms with Crippen LogP contribution in [0, 0.1) is 5.82 Å². The maximum Gasteiger partial charge on any atom is 0.347 e. The van der Waals surface area contributed by atoms with Gasteiger partial charge in [-0.3, -0.25) is 4.98 Å². The van der Waals surface area contributed by atoms with E-state index >= 15 is 0 Å². The largest absolute Gasteiger partial charge is 0.479 e. The molecule has 0 aliphatic carbocycles. The van der Waals surface area contributed by atoms with Gasteiger partial charge >= 0.3 is 5.97 Å². The normalized spacial score (nSPS) is 12.0. The molecule has 2 aromatic carbocycles. The summed E-state index contributed by atoms with van der Waals surface area (Å²) in [6, 6.07) is 11.4. The number of aromatic nitrogens is 1. The number of fused-ring (bicyclic) bond motifs is 1. The topological polar surface area (TPSA) is 48.4 Å². The third kappa shape index (κ3) is 3.78. The summed E-state index contributed by atoms with van der Waals surface area (Å²) in [6.45, 7) is 3.67. The molecule has 0 saturated carbocycles. The summed E-state index contributed by atoms with van der Waals surface area (Å²) in [5.41, 5.74) is 2.23. The van der Waals surface area contributed by atoms with Crippen molar-refractivity contribution < 1.29 is 18.7 Å². The van der Waals surface area contributed by atoms with Crippen LogP contribution in [0.2, 0.25) is 5.02 Å². The molecule has 3 rings (SSSR count). The fourth-order valence-corrected chi connectivity index (χ4v) is 2.92. The van der Waals surface area contributed by atoms with Crippen LogP contribution >= 0.6 is 11.6 Å². The number of rotatable bonds is 5. The van der Waals surface area contributed by atoms with E-state index in [4.69, 9.17) is 21.1 Å².